The molecule has 0 aliphatic rings. The van der Waals surface area contributed by atoms with Crippen molar-refractivity contribution >= 4 is 44.4 Å². The second-order valence-electron chi connectivity index (χ2n) is 3.37. The van der Waals surface area contributed by atoms with E-state index in [0.717, 1.165) is 14.2 Å². The first-order valence-electron chi connectivity index (χ1n) is 4.71. The summed E-state index contributed by atoms with van der Waals surface area (Å²) in [5.41, 5.74) is 5.89. The zero-order valence-electron chi connectivity index (χ0n) is 8.35. The van der Waals surface area contributed by atoms with E-state index < -0.39 is 6.04 Å². The van der Waals surface area contributed by atoms with Crippen molar-refractivity contribution in [3.8, 4) is 0 Å². The number of ketones is 1. The summed E-state index contributed by atoms with van der Waals surface area (Å²) in [5.74, 6) is 0.0665. The van der Waals surface area contributed by atoms with E-state index >= 15 is 0 Å². The van der Waals surface area contributed by atoms with Crippen LogP contribution in [0.2, 0.25) is 0 Å². The minimum Gasteiger partial charge on any atom is -0.317 e. The summed E-state index contributed by atoms with van der Waals surface area (Å²) in [7, 11) is 0. The van der Waals surface area contributed by atoms with Crippen molar-refractivity contribution in [3.63, 3.8) is 0 Å². The Balaban J connectivity index is 2.03. The Morgan fingerprint density at radius 1 is 1.50 bits per heavy atom. The molecule has 0 bridgehead atoms. The highest BCUT2D eigenvalue weighted by atomic mass is 79.9. The van der Waals surface area contributed by atoms with Gasteiger partial charge in [-0.1, -0.05) is 6.07 Å². The van der Waals surface area contributed by atoms with Crippen molar-refractivity contribution in [1.29, 1.82) is 0 Å². The van der Waals surface area contributed by atoms with Crippen LogP contribution in [0.1, 0.15) is 15.8 Å². The fraction of sp³-hybridized carbons (Fsp3) is 0.182. The van der Waals surface area contributed by atoms with E-state index in [1.165, 1.54) is 11.3 Å². The van der Waals surface area contributed by atoms with E-state index in [1.54, 1.807) is 11.3 Å². The van der Waals surface area contributed by atoms with Gasteiger partial charge in [0.2, 0.25) is 0 Å². The lowest BCUT2D eigenvalue weighted by atomic mass is 10.1. The topological polar surface area (TPSA) is 43.1 Å². The summed E-state index contributed by atoms with van der Waals surface area (Å²) in [6, 6.07) is 5.29. The number of halogens is 1. The molecule has 1 atom stereocenters. The standard InChI is InChI=1S/C11H10BrNOS2/c12-7-4-8(16-6-7)5-9(14)11(13)10-2-1-3-15-10/h1-4,6,11H,5,13H2. The fourth-order valence-electron chi connectivity index (χ4n) is 1.36. The van der Waals surface area contributed by atoms with Crippen molar-refractivity contribution in [2.45, 2.75) is 12.5 Å². The number of Topliss-reactive ketones (excluding diaryl/α,β-unsaturated/α-hetero) is 1. The first-order chi connectivity index (χ1) is 7.66. The molecule has 2 N–H and O–H groups in total. The SMILES string of the molecule is NC(C(=O)Cc1cc(Br)cs1)c1cccs1. The Morgan fingerprint density at radius 3 is 2.88 bits per heavy atom. The van der Waals surface area contributed by atoms with Crippen LogP contribution in [0.25, 0.3) is 0 Å². The molecule has 0 saturated heterocycles. The van der Waals surface area contributed by atoms with Crippen LogP contribution in [0.15, 0.2) is 33.4 Å². The first-order valence-corrected chi connectivity index (χ1v) is 7.26. The molecule has 5 heteroatoms. The number of thiophene rings is 2. The third-order valence-corrected chi connectivity index (χ3v) is 4.82. The minimum absolute atomic E-state index is 0.0665. The molecule has 0 aromatic carbocycles. The Labute approximate surface area is 110 Å². The maximum Gasteiger partial charge on any atom is 0.160 e. The number of carbonyl (C=O) groups is 1. The van der Waals surface area contributed by atoms with Gasteiger partial charge in [0.15, 0.2) is 5.78 Å². The first kappa shape index (κ1) is 12.0. The van der Waals surface area contributed by atoms with Gasteiger partial charge in [0.1, 0.15) is 0 Å². The van der Waals surface area contributed by atoms with Gasteiger partial charge < -0.3 is 5.73 Å². The second kappa shape index (κ2) is 5.23. The highest BCUT2D eigenvalue weighted by Gasteiger charge is 2.17. The van der Waals surface area contributed by atoms with Crippen molar-refractivity contribution in [2.75, 3.05) is 0 Å². The lowest BCUT2D eigenvalue weighted by Gasteiger charge is -2.06. The van der Waals surface area contributed by atoms with Crippen LogP contribution in [-0.2, 0) is 11.2 Å². The molecule has 0 amide bonds. The molecule has 0 aliphatic heterocycles. The summed E-state index contributed by atoms with van der Waals surface area (Å²) in [6.45, 7) is 0. The summed E-state index contributed by atoms with van der Waals surface area (Å²) in [4.78, 5) is 13.9. The Morgan fingerprint density at radius 2 is 2.31 bits per heavy atom. The van der Waals surface area contributed by atoms with Crippen LogP contribution in [0, 0.1) is 0 Å². The number of carbonyl (C=O) groups excluding carboxylic acids is 1. The summed E-state index contributed by atoms with van der Waals surface area (Å²) < 4.78 is 1.02. The van der Waals surface area contributed by atoms with E-state index in [0.29, 0.717) is 6.42 Å². The molecular formula is C11H10BrNOS2. The Hall–Kier alpha value is -0.490. The van der Waals surface area contributed by atoms with Crippen LogP contribution in [0.4, 0.5) is 0 Å². The van der Waals surface area contributed by atoms with E-state index in [2.05, 4.69) is 15.9 Å². The van der Waals surface area contributed by atoms with Gasteiger partial charge in [-0.05, 0) is 33.4 Å². The van der Waals surface area contributed by atoms with Gasteiger partial charge in [0.25, 0.3) is 0 Å². The number of hydrogen-bond acceptors (Lipinski definition) is 4. The van der Waals surface area contributed by atoms with E-state index in [9.17, 15) is 4.79 Å². The van der Waals surface area contributed by atoms with Crippen molar-refractivity contribution in [3.05, 3.63) is 43.2 Å². The van der Waals surface area contributed by atoms with E-state index in [4.69, 9.17) is 5.73 Å². The lowest BCUT2D eigenvalue weighted by molar-refractivity contribution is -0.119. The number of hydrogen-bond donors (Lipinski definition) is 1. The zero-order chi connectivity index (χ0) is 11.5. The molecule has 2 rings (SSSR count). The zero-order valence-corrected chi connectivity index (χ0v) is 11.6. The fourth-order valence-corrected chi connectivity index (χ4v) is 3.57. The highest BCUT2D eigenvalue weighted by Crippen LogP contribution is 2.23. The third kappa shape index (κ3) is 2.79. The van der Waals surface area contributed by atoms with Crippen LogP contribution in [0.5, 0.6) is 0 Å². The maximum atomic E-state index is 11.9. The largest absolute Gasteiger partial charge is 0.317 e. The molecule has 0 spiro atoms. The normalized spacial score (nSPS) is 12.6. The summed E-state index contributed by atoms with van der Waals surface area (Å²) in [5, 5.41) is 3.91. The molecule has 2 aromatic rings. The van der Waals surface area contributed by atoms with Crippen LogP contribution in [0.3, 0.4) is 0 Å². The van der Waals surface area contributed by atoms with Gasteiger partial charge in [0, 0.05) is 26.0 Å². The predicted molar refractivity (Wildman–Crippen MR) is 72.0 cm³/mol. The molecule has 2 aromatic heterocycles. The van der Waals surface area contributed by atoms with Gasteiger partial charge in [-0.3, -0.25) is 4.79 Å². The molecule has 16 heavy (non-hydrogen) atoms. The maximum absolute atomic E-state index is 11.9. The quantitative estimate of drug-likeness (QED) is 0.939. The molecule has 0 aliphatic carbocycles. The van der Waals surface area contributed by atoms with Crippen LogP contribution < -0.4 is 5.73 Å². The van der Waals surface area contributed by atoms with Crippen LogP contribution >= 0.6 is 38.6 Å². The van der Waals surface area contributed by atoms with Gasteiger partial charge >= 0.3 is 0 Å². The summed E-state index contributed by atoms with van der Waals surface area (Å²) in [6.07, 6.45) is 0.412. The van der Waals surface area contributed by atoms with Crippen LogP contribution in [-0.4, -0.2) is 5.78 Å². The van der Waals surface area contributed by atoms with Gasteiger partial charge in [-0.2, -0.15) is 0 Å². The molecule has 2 heterocycles. The molecule has 2 nitrogen and oxygen atoms in total. The highest BCUT2D eigenvalue weighted by molar-refractivity contribution is 9.10. The van der Waals surface area contributed by atoms with Crippen molar-refractivity contribution < 1.29 is 4.79 Å². The van der Waals surface area contributed by atoms with E-state index in [1.807, 2.05) is 29.0 Å². The predicted octanol–water partition coefficient (Wildman–Crippen LogP) is 3.38. The molecule has 0 fully saturated rings. The number of rotatable bonds is 4. The van der Waals surface area contributed by atoms with Gasteiger partial charge in [-0.25, -0.2) is 0 Å². The third-order valence-electron chi connectivity index (χ3n) is 2.17. The van der Waals surface area contributed by atoms with Gasteiger partial charge in [-0.15, -0.1) is 22.7 Å². The average molecular weight is 316 g/mol. The lowest BCUT2D eigenvalue weighted by Crippen LogP contribution is -2.21. The Bertz CT molecular complexity index is 478. The minimum atomic E-state index is -0.485. The monoisotopic (exact) mass is 315 g/mol. The molecular weight excluding hydrogens is 306 g/mol. The molecule has 1 unspecified atom stereocenters. The Kier molecular flexibility index (Phi) is 3.91. The second-order valence-corrected chi connectivity index (χ2v) is 6.26. The summed E-state index contributed by atoms with van der Waals surface area (Å²) >= 11 is 6.46. The van der Waals surface area contributed by atoms with Crippen molar-refractivity contribution in [2.24, 2.45) is 5.73 Å². The molecule has 84 valence electrons. The molecule has 0 saturated carbocycles. The molecule has 0 radical (unpaired) electrons. The number of nitrogens with two attached hydrogens (primary N) is 1. The smallest absolute Gasteiger partial charge is 0.160 e. The average Bonchev–Trinajstić information content (AvgIpc) is 2.88. The van der Waals surface area contributed by atoms with E-state index in [-0.39, 0.29) is 5.78 Å². The van der Waals surface area contributed by atoms with Crippen molar-refractivity contribution in [1.82, 2.24) is 0 Å². The van der Waals surface area contributed by atoms with Gasteiger partial charge in [0.05, 0.1) is 6.04 Å².